The number of nitrogens with one attached hydrogen (secondary N) is 1. The van der Waals surface area contributed by atoms with Gasteiger partial charge in [0.15, 0.2) is 0 Å². The molecule has 2 amide bonds. The maximum Gasteiger partial charge on any atom is 0.411 e. The van der Waals surface area contributed by atoms with Gasteiger partial charge in [-0.3, -0.25) is 14.4 Å². The molecule has 9 heteroatoms. The number of amides is 2. The van der Waals surface area contributed by atoms with E-state index in [1.807, 2.05) is 52.8 Å². The standard InChI is InChI=1S/C36H51N3O4S.C2H6.CH4O/c1-8-12-28-21-25(2)16-18-31(28)29-23-38(7)32-22-30(17-19-33(32)42-24-29)44-37-34(40)26(3)39(35(41)43-36(4,5)6)20-10-9-13-27-14-11-15-27;2*1-2/h9-10,16-19,21-22,26-27,29H,8,11-15,20,23-24H2,1-7H3,(H,37,40);1-2H3;2H,1H3/b10-9+;;/t26-,29?;;/m1../s1. The molecule has 0 spiro atoms. The van der Waals surface area contributed by atoms with Crippen molar-refractivity contribution in [3.63, 3.8) is 0 Å². The lowest BCUT2D eigenvalue weighted by molar-refractivity contribution is -0.123. The summed E-state index contributed by atoms with van der Waals surface area (Å²) in [7, 11) is 3.10. The van der Waals surface area contributed by atoms with E-state index in [1.165, 1.54) is 52.8 Å². The summed E-state index contributed by atoms with van der Waals surface area (Å²) in [5.74, 6) is 1.59. The quantitative estimate of drug-likeness (QED) is 0.181. The first kappa shape index (κ1) is 41.0. The molecule has 1 saturated carbocycles. The molecule has 0 saturated heterocycles. The number of benzene rings is 2. The smallest absolute Gasteiger partial charge is 0.411 e. The zero-order valence-corrected chi connectivity index (χ0v) is 31.9. The van der Waals surface area contributed by atoms with E-state index in [0.717, 1.165) is 55.2 Å². The largest absolute Gasteiger partial charge is 0.491 e. The molecule has 4 rings (SSSR count). The monoisotopic (exact) mass is 683 g/mol. The number of rotatable bonds is 11. The highest BCUT2D eigenvalue weighted by molar-refractivity contribution is 7.98. The second kappa shape index (κ2) is 20.4. The number of ether oxygens (including phenoxy) is 2. The summed E-state index contributed by atoms with van der Waals surface area (Å²) in [4.78, 5) is 31.0. The molecule has 2 N–H and O–H groups in total. The second-order valence-corrected chi connectivity index (χ2v) is 14.2. The van der Waals surface area contributed by atoms with E-state index in [0.29, 0.717) is 13.2 Å². The van der Waals surface area contributed by atoms with Crippen LogP contribution in [-0.4, -0.2) is 67.5 Å². The number of hydrogen-bond donors (Lipinski definition) is 2. The van der Waals surface area contributed by atoms with Gasteiger partial charge >= 0.3 is 6.09 Å². The van der Waals surface area contributed by atoms with Gasteiger partial charge in [0.1, 0.15) is 17.4 Å². The van der Waals surface area contributed by atoms with Crippen molar-refractivity contribution in [2.75, 3.05) is 38.8 Å². The Morgan fingerprint density at radius 3 is 2.48 bits per heavy atom. The fourth-order valence-corrected chi connectivity index (χ4v) is 6.41. The minimum Gasteiger partial charge on any atom is -0.491 e. The van der Waals surface area contributed by atoms with E-state index in [-0.39, 0.29) is 11.8 Å². The van der Waals surface area contributed by atoms with E-state index in [2.05, 4.69) is 60.9 Å². The molecule has 2 aromatic carbocycles. The highest BCUT2D eigenvalue weighted by atomic mass is 32.2. The van der Waals surface area contributed by atoms with Crippen LogP contribution in [0.5, 0.6) is 5.75 Å². The number of likely N-dealkylation sites (N-methyl/N-ethyl adjacent to an activating group) is 1. The van der Waals surface area contributed by atoms with Crippen molar-refractivity contribution in [3.8, 4) is 5.75 Å². The summed E-state index contributed by atoms with van der Waals surface area (Å²) in [6, 6.07) is 12.1. The van der Waals surface area contributed by atoms with Crippen LogP contribution in [0.2, 0.25) is 0 Å². The van der Waals surface area contributed by atoms with Crippen molar-refractivity contribution in [2.45, 2.75) is 116 Å². The first-order valence-electron chi connectivity index (χ1n) is 17.6. The predicted octanol–water partition coefficient (Wildman–Crippen LogP) is 8.69. The fraction of sp³-hybridized carbons (Fsp3) is 0.590. The number of nitrogens with zero attached hydrogens (tertiary/aromatic N) is 2. The number of hydrogen-bond acceptors (Lipinski definition) is 7. The van der Waals surface area contributed by atoms with E-state index in [4.69, 9.17) is 14.6 Å². The maximum atomic E-state index is 13.3. The highest BCUT2D eigenvalue weighted by Crippen LogP contribution is 2.37. The highest BCUT2D eigenvalue weighted by Gasteiger charge is 2.30. The van der Waals surface area contributed by atoms with Gasteiger partial charge in [0.2, 0.25) is 0 Å². The number of carbonyl (C=O) groups excluding carboxylic acids is 2. The molecule has 2 aliphatic rings. The van der Waals surface area contributed by atoms with Crippen LogP contribution in [0.4, 0.5) is 10.5 Å². The SMILES string of the molecule is CC.CCCc1cc(C)ccc1C1COc2ccc(SNC(=O)[C@@H](C)N(C/C=C/CC3CCC3)C(=O)OC(C)(C)C)cc2N(C)C1.CO. The van der Waals surface area contributed by atoms with Gasteiger partial charge in [0.05, 0.1) is 12.3 Å². The van der Waals surface area contributed by atoms with Crippen LogP contribution in [0, 0.1) is 12.8 Å². The summed E-state index contributed by atoms with van der Waals surface area (Å²) in [5, 5.41) is 7.00. The van der Waals surface area contributed by atoms with Gasteiger partial charge in [-0.2, -0.15) is 0 Å². The van der Waals surface area contributed by atoms with E-state index in [1.54, 1.807) is 6.92 Å². The van der Waals surface area contributed by atoms with Crippen molar-refractivity contribution in [2.24, 2.45) is 5.92 Å². The molecule has 0 aromatic heterocycles. The fourth-order valence-electron chi connectivity index (χ4n) is 5.71. The Hall–Kier alpha value is -3.17. The number of aryl methyl sites for hydroxylation is 2. The third-order valence-corrected chi connectivity index (χ3v) is 9.23. The summed E-state index contributed by atoms with van der Waals surface area (Å²) in [6.45, 7) is 17.4. The van der Waals surface area contributed by atoms with Gasteiger partial charge in [0, 0.05) is 38.1 Å². The minimum absolute atomic E-state index is 0.254. The molecule has 2 aromatic rings. The molecule has 0 radical (unpaired) electrons. The molecule has 2 atom stereocenters. The number of fused-ring (bicyclic) bond motifs is 1. The van der Waals surface area contributed by atoms with E-state index < -0.39 is 17.7 Å². The first-order chi connectivity index (χ1) is 22.9. The summed E-state index contributed by atoms with van der Waals surface area (Å²) in [6.07, 6.45) is 10.6. The lowest BCUT2D eigenvalue weighted by Crippen LogP contribution is -2.48. The normalized spacial score (nSPS) is 16.5. The van der Waals surface area contributed by atoms with Crippen molar-refractivity contribution in [1.29, 1.82) is 0 Å². The number of anilines is 1. The summed E-state index contributed by atoms with van der Waals surface area (Å²) >= 11 is 1.25. The number of aliphatic hydroxyl groups is 1. The lowest BCUT2D eigenvalue weighted by atomic mass is 9.83. The Morgan fingerprint density at radius 1 is 1.15 bits per heavy atom. The molecule has 268 valence electrons. The average molecular weight is 684 g/mol. The Balaban J connectivity index is 0.00000193. The topological polar surface area (TPSA) is 91.3 Å². The lowest BCUT2D eigenvalue weighted by Gasteiger charge is -2.30. The molecule has 1 unspecified atom stereocenters. The third-order valence-electron chi connectivity index (χ3n) is 8.44. The Bertz CT molecular complexity index is 1320. The molecular weight excluding hydrogens is 623 g/mol. The van der Waals surface area contributed by atoms with Crippen LogP contribution in [0.15, 0.2) is 53.4 Å². The number of allylic oxidation sites excluding steroid dienone is 1. The predicted molar refractivity (Wildman–Crippen MR) is 200 cm³/mol. The second-order valence-electron chi connectivity index (χ2n) is 13.4. The third kappa shape index (κ3) is 12.4. The van der Waals surface area contributed by atoms with Gasteiger partial charge < -0.3 is 19.5 Å². The molecule has 48 heavy (non-hydrogen) atoms. The van der Waals surface area contributed by atoms with Crippen molar-refractivity contribution >= 4 is 29.6 Å². The molecular formula is C39H61N3O5S. The molecule has 1 aliphatic heterocycles. The first-order valence-corrected chi connectivity index (χ1v) is 18.4. The number of carbonyl (C=O) groups is 2. The van der Waals surface area contributed by atoms with Crippen LogP contribution < -0.4 is 14.4 Å². The Morgan fingerprint density at radius 2 is 1.85 bits per heavy atom. The van der Waals surface area contributed by atoms with Gasteiger partial charge in [-0.1, -0.05) is 82.4 Å². The van der Waals surface area contributed by atoms with Gasteiger partial charge in [-0.25, -0.2) is 4.79 Å². The average Bonchev–Trinajstić information content (AvgIpc) is 3.20. The van der Waals surface area contributed by atoms with Crippen molar-refractivity contribution < 1.29 is 24.2 Å². The van der Waals surface area contributed by atoms with Crippen LogP contribution in [0.3, 0.4) is 0 Å². The van der Waals surface area contributed by atoms with Crippen LogP contribution in [0.1, 0.15) is 103 Å². The summed E-state index contributed by atoms with van der Waals surface area (Å²) < 4.78 is 14.9. The minimum atomic E-state index is -0.704. The van der Waals surface area contributed by atoms with Crippen molar-refractivity contribution in [3.05, 3.63) is 65.2 Å². The van der Waals surface area contributed by atoms with Crippen LogP contribution in [0.25, 0.3) is 0 Å². The van der Waals surface area contributed by atoms with Gasteiger partial charge in [0.25, 0.3) is 5.91 Å². The Kier molecular flexibility index (Phi) is 17.4. The van der Waals surface area contributed by atoms with Crippen molar-refractivity contribution in [1.82, 2.24) is 9.62 Å². The zero-order valence-electron chi connectivity index (χ0n) is 31.1. The zero-order chi connectivity index (χ0) is 35.9. The molecule has 0 bridgehead atoms. The van der Waals surface area contributed by atoms with E-state index >= 15 is 0 Å². The number of aliphatic hydroxyl groups excluding tert-OH is 1. The summed E-state index contributed by atoms with van der Waals surface area (Å²) in [5.41, 5.74) is 4.40. The molecule has 8 nitrogen and oxygen atoms in total. The van der Waals surface area contributed by atoms with Gasteiger partial charge in [-0.15, -0.1) is 0 Å². The molecule has 1 heterocycles. The van der Waals surface area contributed by atoms with Crippen LogP contribution in [-0.2, 0) is 16.0 Å². The Labute approximate surface area is 294 Å². The van der Waals surface area contributed by atoms with Gasteiger partial charge in [-0.05, 0) is 94.7 Å². The molecule has 1 fully saturated rings. The van der Waals surface area contributed by atoms with Crippen LogP contribution >= 0.6 is 11.9 Å². The molecule has 1 aliphatic carbocycles. The maximum absolute atomic E-state index is 13.3. The van der Waals surface area contributed by atoms with E-state index in [9.17, 15) is 9.59 Å².